The molecule has 1 saturated heterocycles. The third kappa shape index (κ3) is 5.60. The summed E-state index contributed by atoms with van der Waals surface area (Å²) in [5, 5.41) is 5.74. The molecule has 9 heteroatoms. The molecule has 1 spiro atoms. The van der Waals surface area contributed by atoms with E-state index in [0.717, 1.165) is 42.6 Å². The van der Waals surface area contributed by atoms with E-state index in [1.807, 2.05) is 19.1 Å². The number of piperidine rings is 1. The molecule has 1 saturated carbocycles. The van der Waals surface area contributed by atoms with Gasteiger partial charge >= 0.3 is 0 Å². The normalized spacial score (nSPS) is 24.5. The number of amides is 2. The highest BCUT2D eigenvalue weighted by Gasteiger charge is 2.48. The number of aryl methyl sites for hydroxylation is 2. The summed E-state index contributed by atoms with van der Waals surface area (Å²) < 4.78 is 27.6. The van der Waals surface area contributed by atoms with E-state index in [9.17, 15) is 18.0 Å². The highest BCUT2D eigenvalue weighted by molar-refractivity contribution is 7.89. The summed E-state index contributed by atoms with van der Waals surface area (Å²) in [5.41, 5.74) is 1.72. The molecular formula is C26H34N4O4S. The SMILES string of the molecule is C#C[C@H]1CC[C@@H](C2=NC3(CCN(S(=O)(=O)CCc4ccc(NC(C)=O)cc4C)CC3)C(=O)N2)CC1. The average molecular weight is 499 g/mol. The first-order valence-electron chi connectivity index (χ1n) is 12.3. The Labute approximate surface area is 208 Å². The summed E-state index contributed by atoms with van der Waals surface area (Å²) in [4.78, 5) is 29.0. The van der Waals surface area contributed by atoms with Gasteiger partial charge in [0.15, 0.2) is 0 Å². The van der Waals surface area contributed by atoms with Crippen LogP contribution in [0.25, 0.3) is 0 Å². The maximum atomic E-state index is 13.1. The standard InChI is InChI=1S/C26H34N4O4S/c1-4-20-5-7-22(8-6-20)24-28-25(32)26(29-24)12-14-30(15-13-26)35(33,34)16-11-21-9-10-23(17-18(21)2)27-19(3)31/h1,9-10,17,20,22H,5-8,11-16H2,2-3H3,(H,27,31)(H,28,29,32)/t20-,22+. The number of nitrogens with zero attached hydrogens (tertiary/aromatic N) is 2. The quantitative estimate of drug-likeness (QED) is 0.588. The molecule has 8 nitrogen and oxygen atoms in total. The number of aliphatic imine (C=N–C) groups is 1. The Morgan fingerprint density at radius 1 is 1.26 bits per heavy atom. The predicted molar refractivity (Wildman–Crippen MR) is 136 cm³/mol. The van der Waals surface area contributed by atoms with Crippen molar-refractivity contribution < 1.29 is 18.0 Å². The fourth-order valence-electron chi connectivity index (χ4n) is 5.37. The number of terminal acetylenes is 1. The minimum Gasteiger partial charge on any atom is -0.326 e. The second kappa shape index (κ2) is 10.1. The van der Waals surface area contributed by atoms with E-state index >= 15 is 0 Å². The lowest BCUT2D eigenvalue weighted by molar-refractivity contribution is -0.125. The number of hydrogen-bond acceptors (Lipinski definition) is 5. The molecule has 2 N–H and O–H groups in total. The molecule has 3 aliphatic rings. The van der Waals surface area contributed by atoms with Crippen molar-refractivity contribution in [1.29, 1.82) is 0 Å². The van der Waals surface area contributed by atoms with Crippen LogP contribution < -0.4 is 10.6 Å². The number of carbonyl (C=O) groups is 2. The number of amidine groups is 1. The zero-order valence-corrected chi connectivity index (χ0v) is 21.3. The molecule has 1 aromatic rings. The molecular weight excluding hydrogens is 464 g/mol. The summed E-state index contributed by atoms with van der Waals surface area (Å²) >= 11 is 0. The van der Waals surface area contributed by atoms with E-state index < -0.39 is 15.6 Å². The molecule has 0 bridgehead atoms. The number of nitrogens with one attached hydrogen (secondary N) is 2. The van der Waals surface area contributed by atoms with Gasteiger partial charge in [0, 0.05) is 37.5 Å². The highest BCUT2D eigenvalue weighted by atomic mass is 32.2. The van der Waals surface area contributed by atoms with Gasteiger partial charge in [0.25, 0.3) is 5.91 Å². The lowest BCUT2D eigenvalue weighted by Crippen LogP contribution is -2.51. The van der Waals surface area contributed by atoms with Gasteiger partial charge in [-0.15, -0.1) is 12.3 Å². The number of rotatable bonds is 6. The van der Waals surface area contributed by atoms with Crippen molar-refractivity contribution in [2.45, 2.75) is 64.3 Å². The Morgan fingerprint density at radius 3 is 2.54 bits per heavy atom. The largest absolute Gasteiger partial charge is 0.326 e. The van der Waals surface area contributed by atoms with Crippen LogP contribution >= 0.6 is 0 Å². The van der Waals surface area contributed by atoms with Gasteiger partial charge < -0.3 is 10.6 Å². The lowest BCUT2D eigenvalue weighted by atomic mass is 9.82. The van der Waals surface area contributed by atoms with Crippen molar-refractivity contribution in [2.24, 2.45) is 16.8 Å². The lowest BCUT2D eigenvalue weighted by Gasteiger charge is -2.34. The van der Waals surface area contributed by atoms with Gasteiger partial charge in [-0.3, -0.25) is 14.6 Å². The van der Waals surface area contributed by atoms with E-state index in [-0.39, 0.29) is 36.6 Å². The Balaban J connectivity index is 1.35. The zero-order chi connectivity index (χ0) is 25.2. The Hall–Kier alpha value is -2.70. The molecule has 0 radical (unpaired) electrons. The third-order valence-corrected chi connectivity index (χ3v) is 9.46. The Morgan fingerprint density at radius 2 is 1.94 bits per heavy atom. The van der Waals surface area contributed by atoms with Crippen LogP contribution in [-0.2, 0) is 26.0 Å². The Bertz CT molecular complexity index is 1170. The average Bonchev–Trinajstić information content (AvgIpc) is 3.14. The fraction of sp³-hybridized carbons (Fsp3) is 0.577. The van der Waals surface area contributed by atoms with E-state index in [0.29, 0.717) is 30.9 Å². The van der Waals surface area contributed by atoms with Crippen LogP contribution in [0.3, 0.4) is 0 Å². The van der Waals surface area contributed by atoms with E-state index in [4.69, 9.17) is 11.4 Å². The van der Waals surface area contributed by atoms with Crippen molar-refractivity contribution in [1.82, 2.24) is 9.62 Å². The maximum Gasteiger partial charge on any atom is 0.253 e. The molecule has 1 aromatic carbocycles. The second-order valence-electron chi connectivity index (χ2n) is 9.99. The van der Waals surface area contributed by atoms with Gasteiger partial charge in [-0.1, -0.05) is 6.07 Å². The number of anilines is 1. The first kappa shape index (κ1) is 25.4. The van der Waals surface area contributed by atoms with Gasteiger partial charge in [-0.25, -0.2) is 12.7 Å². The van der Waals surface area contributed by atoms with Gasteiger partial charge in [0.1, 0.15) is 11.4 Å². The molecule has 35 heavy (non-hydrogen) atoms. The van der Waals surface area contributed by atoms with Crippen LogP contribution in [0.1, 0.15) is 56.6 Å². The summed E-state index contributed by atoms with van der Waals surface area (Å²) in [6.45, 7) is 3.93. The number of benzene rings is 1. The molecule has 1 aliphatic carbocycles. The summed E-state index contributed by atoms with van der Waals surface area (Å²) in [7, 11) is -3.47. The third-order valence-electron chi connectivity index (χ3n) is 7.58. The van der Waals surface area contributed by atoms with Crippen LogP contribution in [-0.4, -0.2) is 54.8 Å². The molecule has 0 aromatic heterocycles. The van der Waals surface area contributed by atoms with Gasteiger partial charge in [0.2, 0.25) is 15.9 Å². The molecule has 4 rings (SSSR count). The molecule has 0 atom stereocenters. The minimum absolute atomic E-state index is 0.000539. The van der Waals surface area contributed by atoms with Crippen molar-refractivity contribution in [2.75, 3.05) is 24.2 Å². The van der Waals surface area contributed by atoms with E-state index in [1.54, 1.807) is 6.07 Å². The van der Waals surface area contributed by atoms with Gasteiger partial charge in [0.05, 0.1) is 5.75 Å². The maximum absolute atomic E-state index is 13.1. The number of carbonyl (C=O) groups excluding carboxylic acids is 2. The Kier molecular flexibility index (Phi) is 7.34. The second-order valence-corrected chi connectivity index (χ2v) is 12.1. The van der Waals surface area contributed by atoms with Crippen molar-refractivity contribution in [3.8, 4) is 12.3 Å². The van der Waals surface area contributed by atoms with Crippen molar-refractivity contribution >= 4 is 33.4 Å². The summed E-state index contributed by atoms with van der Waals surface area (Å²) in [5.74, 6) is 3.88. The van der Waals surface area contributed by atoms with Crippen molar-refractivity contribution in [3.05, 3.63) is 29.3 Å². The van der Waals surface area contributed by atoms with E-state index in [2.05, 4.69) is 16.6 Å². The predicted octanol–water partition coefficient (Wildman–Crippen LogP) is 2.63. The van der Waals surface area contributed by atoms with Crippen LogP contribution in [0, 0.1) is 31.1 Å². The first-order valence-corrected chi connectivity index (χ1v) is 13.9. The summed E-state index contributed by atoms with van der Waals surface area (Å²) in [6, 6.07) is 5.49. The minimum atomic E-state index is -3.47. The molecule has 2 aliphatic heterocycles. The molecule has 0 unspecified atom stereocenters. The molecule has 188 valence electrons. The van der Waals surface area contributed by atoms with Crippen molar-refractivity contribution in [3.63, 3.8) is 0 Å². The van der Waals surface area contributed by atoms with Crippen LogP contribution in [0.4, 0.5) is 5.69 Å². The molecule has 2 heterocycles. The van der Waals surface area contributed by atoms with Gasteiger partial charge in [-0.05, 0) is 75.1 Å². The van der Waals surface area contributed by atoms with Gasteiger partial charge in [-0.2, -0.15) is 0 Å². The smallest absolute Gasteiger partial charge is 0.253 e. The fourth-order valence-corrected chi connectivity index (χ4v) is 6.84. The first-order chi connectivity index (χ1) is 16.6. The number of sulfonamides is 1. The molecule has 2 fully saturated rings. The monoisotopic (exact) mass is 498 g/mol. The zero-order valence-electron chi connectivity index (χ0n) is 20.5. The highest BCUT2D eigenvalue weighted by Crippen LogP contribution is 2.36. The van der Waals surface area contributed by atoms with Crippen LogP contribution in [0.15, 0.2) is 23.2 Å². The van der Waals surface area contributed by atoms with Crippen LogP contribution in [0.2, 0.25) is 0 Å². The molecule has 2 amide bonds. The van der Waals surface area contributed by atoms with Crippen LogP contribution in [0.5, 0.6) is 0 Å². The summed E-state index contributed by atoms with van der Waals surface area (Å²) in [6.07, 6.45) is 10.5. The topological polar surface area (TPSA) is 108 Å². The van der Waals surface area contributed by atoms with E-state index in [1.165, 1.54) is 11.2 Å². The number of hydrogen-bond donors (Lipinski definition) is 2.